The van der Waals surface area contributed by atoms with Gasteiger partial charge in [0.2, 0.25) is 0 Å². The van der Waals surface area contributed by atoms with E-state index in [9.17, 15) is 10.1 Å². The van der Waals surface area contributed by atoms with Gasteiger partial charge in [-0.25, -0.2) is 0 Å². The molecule has 1 saturated heterocycles. The largest absolute Gasteiger partial charge is 0.330 e. The lowest BCUT2D eigenvalue weighted by atomic mass is 10.0. The number of pyridine rings is 1. The van der Waals surface area contributed by atoms with Crippen LogP contribution < -0.4 is 4.90 Å². The number of rotatable bonds is 4. The van der Waals surface area contributed by atoms with E-state index in [0.717, 1.165) is 16.2 Å². The van der Waals surface area contributed by atoms with Crippen molar-refractivity contribution < 1.29 is 4.79 Å². The highest BCUT2D eigenvalue weighted by Crippen LogP contribution is 2.35. The molecule has 0 radical (unpaired) electrons. The molecule has 0 unspecified atom stereocenters. The number of aromatic nitrogens is 1. The van der Waals surface area contributed by atoms with E-state index in [1.165, 1.54) is 11.8 Å². The molecule has 0 bridgehead atoms. The molecule has 0 atom stereocenters. The van der Waals surface area contributed by atoms with Crippen molar-refractivity contribution in [2.24, 2.45) is 0 Å². The molecule has 2 aromatic rings. The van der Waals surface area contributed by atoms with Crippen molar-refractivity contribution in [1.29, 1.82) is 5.26 Å². The first-order chi connectivity index (χ1) is 12.8. The highest BCUT2D eigenvalue weighted by Gasteiger charge is 2.49. The number of benzene rings is 1. The molecule has 1 aromatic carbocycles. The van der Waals surface area contributed by atoms with Crippen LogP contribution in [0.25, 0.3) is 0 Å². The summed E-state index contributed by atoms with van der Waals surface area (Å²) in [5.74, 6) is -0.0793. The number of thioether (sulfide) groups is 1. The highest BCUT2D eigenvalue weighted by molar-refractivity contribution is 7.98. The molecule has 27 heavy (non-hydrogen) atoms. The summed E-state index contributed by atoms with van der Waals surface area (Å²) >= 11 is 7.15. The summed E-state index contributed by atoms with van der Waals surface area (Å²) < 4.78 is 0. The Hall–Kier alpha value is -2.43. The minimum Gasteiger partial charge on any atom is -0.330 e. The summed E-state index contributed by atoms with van der Waals surface area (Å²) in [6.45, 7) is 6.20. The lowest BCUT2D eigenvalue weighted by Crippen LogP contribution is -2.43. The van der Waals surface area contributed by atoms with Crippen LogP contribution in [0.2, 0.25) is 0 Å². The lowest BCUT2D eigenvalue weighted by Gasteiger charge is -2.29. The number of carbonyl (C=O) groups excluding carboxylic acids is 1. The quantitative estimate of drug-likeness (QED) is 0.577. The normalized spacial score (nSPS) is 16.0. The second-order valence-corrected chi connectivity index (χ2v) is 8.09. The predicted molar refractivity (Wildman–Crippen MR) is 112 cm³/mol. The van der Waals surface area contributed by atoms with Crippen LogP contribution in [-0.4, -0.2) is 32.7 Å². The molecule has 0 spiro atoms. The minimum atomic E-state index is -0.768. The van der Waals surface area contributed by atoms with Crippen molar-refractivity contribution in [2.45, 2.75) is 37.8 Å². The minimum absolute atomic E-state index is 0.0793. The average Bonchev–Trinajstić information content (AvgIpc) is 2.82. The fraction of sp³-hybridized carbons (Fsp3) is 0.300. The Bertz CT molecular complexity index is 947. The van der Waals surface area contributed by atoms with E-state index in [-0.39, 0.29) is 5.91 Å². The smallest absolute Gasteiger partial charge is 0.258 e. The summed E-state index contributed by atoms with van der Waals surface area (Å²) in [7, 11) is 0. The summed E-state index contributed by atoms with van der Waals surface area (Å²) in [5.41, 5.74) is 2.45. The first kappa shape index (κ1) is 19.3. The molecule has 0 aliphatic carbocycles. The first-order valence-corrected chi connectivity index (χ1v) is 10.1. The van der Waals surface area contributed by atoms with Gasteiger partial charge in [-0.3, -0.25) is 14.7 Å². The van der Waals surface area contributed by atoms with Crippen molar-refractivity contribution in [3.63, 3.8) is 0 Å². The van der Waals surface area contributed by atoms with Crippen LogP contribution in [0.15, 0.2) is 41.4 Å². The van der Waals surface area contributed by atoms with Crippen LogP contribution in [0, 0.1) is 18.3 Å². The predicted octanol–water partition coefficient (Wildman–Crippen LogP) is 3.90. The number of amides is 1. The fourth-order valence-electron chi connectivity index (χ4n) is 3.01. The molecule has 1 amide bonds. The van der Waals surface area contributed by atoms with Crippen molar-refractivity contribution in [2.75, 3.05) is 11.2 Å². The number of anilines is 1. The molecule has 5 nitrogen and oxygen atoms in total. The zero-order chi connectivity index (χ0) is 19.8. The molecular weight excluding hydrogens is 376 g/mol. The van der Waals surface area contributed by atoms with Crippen LogP contribution in [-0.2, 0) is 11.3 Å². The summed E-state index contributed by atoms with van der Waals surface area (Å²) in [5, 5.41) is 9.70. The van der Waals surface area contributed by atoms with E-state index in [0.29, 0.717) is 22.9 Å². The van der Waals surface area contributed by atoms with Crippen molar-refractivity contribution in [3.8, 4) is 6.07 Å². The molecule has 1 aliphatic heterocycles. The van der Waals surface area contributed by atoms with Crippen LogP contribution in [0.5, 0.6) is 0 Å². The van der Waals surface area contributed by atoms with Gasteiger partial charge in [0.1, 0.15) is 11.6 Å². The van der Waals surface area contributed by atoms with Gasteiger partial charge < -0.3 is 4.90 Å². The molecule has 1 fully saturated rings. The van der Waals surface area contributed by atoms with Crippen LogP contribution in [0.4, 0.5) is 5.69 Å². The Kier molecular flexibility index (Phi) is 5.22. The number of hydrogen-bond donors (Lipinski definition) is 0. The standard InChI is InChI=1S/C20H20N4OS2/c1-13-5-6-14(11-22-13)12-23-19(26)24(18(25)20(23,2)3)16-8-7-15(10-21)17(9-16)27-4/h5-9,11H,12H2,1-4H3. The zero-order valence-corrected chi connectivity index (χ0v) is 17.3. The van der Waals surface area contributed by atoms with Crippen LogP contribution in [0.1, 0.15) is 30.7 Å². The zero-order valence-electron chi connectivity index (χ0n) is 15.7. The monoisotopic (exact) mass is 396 g/mol. The van der Waals surface area contributed by atoms with Gasteiger partial charge in [0.15, 0.2) is 5.11 Å². The highest BCUT2D eigenvalue weighted by atomic mass is 32.2. The molecule has 1 aliphatic rings. The SMILES string of the molecule is CSc1cc(N2C(=O)C(C)(C)N(Cc3ccc(C)nc3)C2=S)ccc1C#N. The Morgan fingerprint density at radius 2 is 2.04 bits per heavy atom. The third kappa shape index (κ3) is 3.43. The number of nitriles is 1. The topological polar surface area (TPSA) is 60.2 Å². The van der Waals surface area contributed by atoms with Crippen molar-refractivity contribution in [3.05, 3.63) is 53.3 Å². The van der Waals surface area contributed by atoms with E-state index in [4.69, 9.17) is 12.2 Å². The third-order valence-corrected chi connectivity index (χ3v) is 5.88. The van der Waals surface area contributed by atoms with E-state index < -0.39 is 5.54 Å². The van der Waals surface area contributed by atoms with E-state index >= 15 is 0 Å². The van der Waals surface area contributed by atoms with Gasteiger partial charge in [-0.05, 0) is 69.1 Å². The maximum Gasteiger partial charge on any atom is 0.258 e. The van der Waals surface area contributed by atoms with Gasteiger partial charge in [0, 0.05) is 23.3 Å². The molecule has 0 saturated carbocycles. The second-order valence-electron chi connectivity index (χ2n) is 6.87. The first-order valence-electron chi connectivity index (χ1n) is 8.45. The number of thiocarbonyl (C=S) groups is 1. The number of carbonyl (C=O) groups is 1. The number of hydrogen-bond acceptors (Lipinski definition) is 5. The third-order valence-electron chi connectivity index (χ3n) is 4.70. The van der Waals surface area contributed by atoms with E-state index in [1.54, 1.807) is 17.0 Å². The molecule has 3 rings (SSSR count). The Morgan fingerprint density at radius 3 is 2.63 bits per heavy atom. The molecule has 1 aromatic heterocycles. The molecule has 138 valence electrons. The summed E-state index contributed by atoms with van der Waals surface area (Å²) in [6, 6.07) is 11.5. The Morgan fingerprint density at radius 1 is 1.30 bits per heavy atom. The number of aryl methyl sites for hydroxylation is 1. The van der Waals surface area contributed by atoms with Gasteiger partial charge in [0.25, 0.3) is 5.91 Å². The number of nitrogens with zero attached hydrogens (tertiary/aromatic N) is 4. The molecule has 0 N–H and O–H groups in total. The van der Waals surface area contributed by atoms with Crippen LogP contribution >= 0.6 is 24.0 Å². The fourth-order valence-corrected chi connectivity index (χ4v) is 4.07. The average molecular weight is 397 g/mol. The lowest BCUT2D eigenvalue weighted by molar-refractivity contribution is -0.123. The van der Waals surface area contributed by atoms with E-state index in [1.807, 2.05) is 56.3 Å². The van der Waals surface area contributed by atoms with Gasteiger partial charge in [0.05, 0.1) is 11.3 Å². The molecule has 2 heterocycles. The maximum absolute atomic E-state index is 13.2. The van der Waals surface area contributed by atoms with Gasteiger partial charge in [-0.2, -0.15) is 5.26 Å². The van der Waals surface area contributed by atoms with Crippen LogP contribution in [0.3, 0.4) is 0 Å². The van der Waals surface area contributed by atoms with Gasteiger partial charge in [-0.15, -0.1) is 11.8 Å². The Balaban J connectivity index is 1.97. The summed E-state index contributed by atoms with van der Waals surface area (Å²) in [4.78, 5) is 21.8. The van der Waals surface area contributed by atoms with Crippen molar-refractivity contribution in [1.82, 2.24) is 9.88 Å². The van der Waals surface area contributed by atoms with Gasteiger partial charge in [-0.1, -0.05) is 6.07 Å². The molecule has 7 heteroatoms. The van der Waals surface area contributed by atoms with Crippen molar-refractivity contribution >= 4 is 40.7 Å². The second kappa shape index (κ2) is 7.29. The molecular formula is C20H20N4OS2. The maximum atomic E-state index is 13.2. The van der Waals surface area contributed by atoms with E-state index in [2.05, 4.69) is 11.1 Å². The van der Waals surface area contributed by atoms with Gasteiger partial charge >= 0.3 is 0 Å². The Labute approximate surface area is 169 Å². The summed E-state index contributed by atoms with van der Waals surface area (Å²) in [6.07, 6.45) is 3.72.